The quantitative estimate of drug-likeness (QED) is 0.800. The lowest BCUT2D eigenvalue weighted by atomic mass is 10.1. The number of anilines is 1. The van der Waals surface area contributed by atoms with Crippen molar-refractivity contribution in [1.82, 2.24) is 10.3 Å². The summed E-state index contributed by atoms with van der Waals surface area (Å²) in [5, 5.41) is 12.8. The first-order chi connectivity index (χ1) is 12.0. The van der Waals surface area contributed by atoms with Gasteiger partial charge in [0.15, 0.2) is 5.78 Å². The average molecular weight is 359 g/mol. The lowest BCUT2D eigenvalue weighted by molar-refractivity contribution is 0.0954. The number of piperidine rings is 1. The first-order valence-corrected chi connectivity index (χ1v) is 9.12. The summed E-state index contributed by atoms with van der Waals surface area (Å²) in [5.41, 5.74) is 0.910. The van der Waals surface area contributed by atoms with Crippen molar-refractivity contribution in [2.75, 3.05) is 18.0 Å². The number of pyridine rings is 1. The summed E-state index contributed by atoms with van der Waals surface area (Å²) in [7, 11) is 0. The Morgan fingerprint density at radius 1 is 1.36 bits per heavy atom. The van der Waals surface area contributed by atoms with Gasteiger partial charge in [0.2, 0.25) is 0 Å². The Bertz CT molecular complexity index is 774. The standard InChI is InChI=1S/C18H21N3O3S/c1-12(22)15-6-7-16(25-15)18(24)20-10-13-4-2-8-19-17(13)21-9-3-5-14(23)11-21/h2,4,6-8,14,23H,3,5,9-11H2,1H3,(H,20,24). The van der Waals surface area contributed by atoms with Crippen molar-refractivity contribution in [3.8, 4) is 0 Å². The third kappa shape index (κ3) is 4.24. The molecule has 0 aromatic carbocycles. The molecule has 1 amide bonds. The second-order valence-corrected chi connectivity index (χ2v) is 7.21. The van der Waals surface area contributed by atoms with E-state index in [0.29, 0.717) is 22.8 Å². The lowest BCUT2D eigenvalue weighted by Crippen LogP contribution is -2.39. The Labute approximate surface area is 150 Å². The van der Waals surface area contributed by atoms with Gasteiger partial charge >= 0.3 is 0 Å². The molecule has 2 N–H and O–H groups in total. The molecule has 2 aromatic rings. The molecule has 1 aliphatic rings. The van der Waals surface area contributed by atoms with Crippen LogP contribution < -0.4 is 10.2 Å². The maximum atomic E-state index is 12.3. The third-order valence-corrected chi connectivity index (χ3v) is 5.36. The average Bonchev–Trinajstić information content (AvgIpc) is 3.10. The van der Waals surface area contributed by atoms with Crippen molar-refractivity contribution in [3.63, 3.8) is 0 Å². The minimum Gasteiger partial charge on any atom is -0.391 e. The zero-order chi connectivity index (χ0) is 17.8. The number of Topliss-reactive ketones (excluding diaryl/α,β-unsaturated/α-hetero) is 1. The number of aromatic nitrogens is 1. The zero-order valence-corrected chi connectivity index (χ0v) is 14.9. The molecule has 25 heavy (non-hydrogen) atoms. The van der Waals surface area contributed by atoms with E-state index in [1.807, 2.05) is 12.1 Å². The SMILES string of the molecule is CC(=O)c1ccc(C(=O)NCc2cccnc2N2CCCC(O)C2)s1. The molecule has 7 heteroatoms. The van der Waals surface area contributed by atoms with Crippen molar-refractivity contribution >= 4 is 28.8 Å². The Morgan fingerprint density at radius 3 is 2.88 bits per heavy atom. The fourth-order valence-corrected chi connectivity index (χ4v) is 3.73. The second-order valence-electron chi connectivity index (χ2n) is 6.13. The van der Waals surface area contributed by atoms with Gasteiger partial charge < -0.3 is 15.3 Å². The van der Waals surface area contributed by atoms with E-state index >= 15 is 0 Å². The molecule has 2 aromatic heterocycles. The van der Waals surface area contributed by atoms with Crippen LogP contribution in [0.25, 0.3) is 0 Å². The number of nitrogens with zero attached hydrogens (tertiary/aromatic N) is 2. The summed E-state index contributed by atoms with van der Waals surface area (Å²) >= 11 is 1.20. The number of amides is 1. The van der Waals surface area contributed by atoms with E-state index < -0.39 is 0 Å². The number of aliphatic hydroxyl groups is 1. The lowest BCUT2D eigenvalue weighted by Gasteiger charge is -2.32. The number of ketones is 1. The van der Waals surface area contributed by atoms with Gasteiger partial charge in [0, 0.05) is 31.4 Å². The van der Waals surface area contributed by atoms with Crippen LogP contribution in [-0.2, 0) is 6.54 Å². The highest BCUT2D eigenvalue weighted by Gasteiger charge is 2.21. The fourth-order valence-electron chi connectivity index (χ4n) is 2.91. The minimum atomic E-state index is -0.339. The van der Waals surface area contributed by atoms with Gasteiger partial charge in [0.25, 0.3) is 5.91 Å². The van der Waals surface area contributed by atoms with Gasteiger partial charge in [-0.3, -0.25) is 9.59 Å². The van der Waals surface area contributed by atoms with E-state index in [-0.39, 0.29) is 17.8 Å². The molecule has 0 radical (unpaired) electrons. The molecular weight excluding hydrogens is 338 g/mol. The maximum Gasteiger partial charge on any atom is 0.261 e. The summed E-state index contributed by atoms with van der Waals surface area (Å²) < 4.78 is 0. The van der Waals surface area contributed by atoms with Crippen LogP contribution in [0.4, 0.5) is 5.82 Å². The molecule has 1 aliphatic heterocycles. The van der Waals surface area contributed by atoms with E-state index in [1.54, 1.807) is 18.3 Å². The van der Waals surface area contributed by atoms with Crippen LogP contribution >= 0.6 is 11.3 Å². The van der Waals surface area contributed by atoms with E-state index in [0.717, 1.165) is 30.8 Å². The predicted molar refractivity (Wildman–Crippen MR) is 97.2 cm³/mol. The first-order valence-electron chi connectivity index (χ1n) is 8.30. The minimum absolute atomic E-state index is 0.0396. The van der Waals surface area contributed by atoms with Crippen molar-refractivity contribution in [2.24, 2.45) is 0 Å². The summed E-state index contributed by atoms with van der Waals surface area (Å²) in [4.78, 5) is 31.3. The van der Waals surface area contributed by atoms with Crippen LogP contribution in [-0.4, -0.2) is 41.0 Å². The Hall–Kier alpha value is -2.25. The van der Waals surface area contributed by atoms with Crippen LogP contribution in [0.3, 0.4) is 0 Å². The zero-order valence-electron chi connectivity index (χ0n) is 14.1. The number of rotatable bonds is 5. The number of aliphatic hydroxyl groups excluding tert-OH is 1. The van der Waals surface area contributed by atoms with Crippen molar-refractivity contribution in [1.29, 1.82) is 0 Å². The van der Waals surface area contributed by atoms with Crippen LogP contribution in [0.5, 0.6) is 0 Å². The number of hydrogen-bond donors (Lipinski definition) is 2. The molecule has 1 atom stereocenters. The number of β-amino-alcohol motifs (C(OH)–C–C–N with tert-alkyl or cyclic N) is 1. The van der Waals surface area contributed by atoms with E-state index in [1.165, 1.54) is 18.3 Å². The topological polar surface area (TPSA) is 82.5 Å². The summed E-state index contributed by atoms with van der Waals surface area (Å²) in [5.74, 6) is 0.561. The Morgan fingerprint density at radius 2 is 2.16 bits per heavy atom. The normalized spacial score (nSPS) is 17.4. The highest BCUT2D eigenvalue weighted by atomic mass is 32.1. The monoisotopic (exact) mass is 359 g/mol. The van der Waals surface area contributed by atoms with Gasteiger partial charge in [-0.15, -0.1) is 11.3 Å². The number of nitrogens with one attached hydrogen (secondary N) is 1. The number of thiophene rings is 1. The van der Waals surface area contributed by atoms with Crippen molar-refractivity contribution < 1.29 is 14.7 Å². The number of carbonyl (C=O) groups excluding carboxylic acids is 2. The highest BCUT2D eigenvalue weighted by molar-refractivity contribution is 7.15. The Balaban J connectivity index is 1.68. The molecule has 1 unspecified atom stereocenters. The molecular formula is C18H21N3O3S. The maximum absolute atomic E-state index is 12.3. The van der Waals surface area contributed by atoms with Crippen molar-refractivity contribution in [2.45, 2.75) is 32.4 Å². The summed E-state index contributed by atoms with van der Waals surface area (Å²) in [6.45, 7) is 3.25. The fraction of sp³-hybridized carbons (Fsp3) is 0.389. The predicted octanol–water partition coefficient (Wildman–Crippen LogP) is 2.24. The van der Waals surface area contributed by atoms with Crippen LogP contribution in [0, 0.1) is 0 Å². The second kappa shape index (κ2) is 7.76. The van der Waals surface area contributed by atoms with Gasteiger partial charge in [0.1, 0.15) is 5.82 Å². The molecule has 6 nitrogen and oxygen atoms in total. The van der Waals surface area contributed by atoms with Gasteiger partial charge in [-0.2, -0.15) is 0 Å². The van der Waals surface area contributed by atoms with E-state index in [4.69, 9.17) is 0 Å². The molecule has 0 bridgehead atoms. The van der Waals surface area contributed by atoms with E-state index in [2.05, 4.69) is 15.2 Å². The first kappa shape index (κ1) is 17.6. The molecule has 3 heterocycles. The molecule has 132 valence electrons. The molecule has 1 saturated heterocycles. The van der Waals surface area contributed by atoms with Crippen molar-refractivity contribution in [3.05, 3.63) is 45.8 Å². The Kier molecular flexibility index (Phi) is 5.45. The highest BCUT2D eigenvalue weighted by Crippen LogP contribution is 2.22. The smallest absolute Gasteiger partial charge is 0.261 e. The number of hydrogen-bond acceptors (Lipinski definition) is 6. The third-order valence-electron chi connectivity index (χ3n) is 4.18. The van der Waals surface area contributed by atoms with E-state index in [9.17, 15) is 14.7 Å². The van der Waals surface area contributed by atoms with Gasteiger partial charge in [-0.05, 0) is 38.0 Å². The molecule has 3 rings (SSSR count). The van der Waals surface area contributed by atoms with Gasteiger partial charge in [-0.25, -0.2) is 4.98 Å². The van der Waals surface area contributed by atoms with Crippen LogP contribution in [0.15, 0.2) is 30.5 Å². The largest absolute Gasteiger partial charge is 0.391 e. The van der Waals surface area contributed by atoms with Crippen LogP contribution in [0.2, 0.25) is 0 Å². The van der Waals surface area contributed by atoms with Crippen LogP contribution in [0.1, 0.15) is 44.7 Å². The molecule has 1 fully saturated rings. The molecule has 0 spiro atoms. The number of carbonyl (C=O) groups is 2. The van der Waals surface area contributed by atoms with Gasteiger partial charge in [-0.1, -0.05) is 6.07 Å². The summed E-state index contributed by atoms with van der Waals surface area (Å²) in [6, 6.07) is 7.11. The molecule has 0 aliphatic carbocycles. The molecule has 0 saturated carbocycles. The summed E-state index contributed by atoms with van der Waals surface area (Å²) in [6.07, 6.45) is 3.12. The van der Waals surface area contributed by atoms with Gasteiger partial charge in [0.05, 0.1) is 15.9 Å².